The Balaban J connectivity index is 2.18. The Morgan fingerprint density at radius 1 is 1.50 bits per heavy atom. The number of rotatable bonds is 5. The lowest BCUT2D eigenvalue weighted by molar-refractivity contribution is 0.376. The van der Waals surface area contributed by atoms with E-state index in [0.29, 0.717) is 12.0 Å². The van der Waals surface area contributed by atoms with Gasteiger partial charge in [-0.1, -0.05) is 13.8 Å². The molecular weight excluding hydrogens is 224 g/mol. The van der Waals surface area contributed by atoms with Gasteiger partial charge in [-0.2, -0.15) is 0 Å². The van der Waals surface area contributed by atoms with Crippen molar-refractivity contribution in [2.75, 3.05) is 27.2 Å². The highest BCUT2D eigenvalue weighted by atomic mass is 15.2. The fourth-order valence-electron chi connectivity index (χ4n) is 2.40. The van der Waals surface area contributed by atoms with Crippen molar-refractivity contribution in [3.8, 4) is 0 Å². The van der Waals surface area contributed by atoms with Crippen LogP contribution in [0.15, 0.2) is 6.20 Å². The maximum atomic E-state index is 4.85. The highest BCUT2D eigenvalue weighted by Gasteiger charge is 2.22. The van der Waals surface area contributed by atoms with Crippen LogP contribution in [0.2, 0.25) is 0 Å². The van der Waals surface area contributed by atoms with E-state index < -0.39 is 0 Å². The fourth-order valence-corrected chi connectivity index (χ4v) is 2.40. The van der Waals surface area contributed by atoms with Crippen LogP contribution in [0.25, 0.3) is 0 Å². The summed E-state index contributed by atoms with van der Waals surface area (Å²) in [5.74, 6) is 1.74. The van der Waals surface area contributed by atoms with Gasteiger partial charge in [0.25, 0.3) is 0 Å². The molecule has 0 spiro atoms. The number of likely N-dealkylation sites (N-methyl/N-ethyl adjacent to an activating group) is 1. The zero-order valence-electron chi connectivity index (χ0n) is 12.1. The highest BCUT2D eigenvalue weighted by Crippen LogP contribution is 2.24. The summed E-state index contributed by atoms with van der Waals surface area (Å²) in [6.45, 7) is 7.64. The van der Waals surface area contributed by atoms with Crippen molar-refractivity contribution >= 4 is 0 Å². The number of hydrogen-bond acceptors (Lipinski definition) is 3. The molecule has 1 saturated heterocycles. The zero-order valence-corrected chi connectivity index (χ0v) is 12.1. The minimum Gasteiger partial charge on any atom is -0.332 e. The lowest BCUT2D eigenvalue weighted by Crippen LogP contribution is -2.22. The van der Waals surface area contributed by atoms with Crippen LogP contribution in [0.3, 0.4) is 0 Å². The molecule has 1 unspecified atom stereocenters. The molecule has 102 valence electrons. The molecule has 2 rings (SSSR count). The van der Waals surface area contributed by atoms with Crippen molar-refractivity contribution < 1.29 is 0 Å². The molecule has 1 aromatic rings. The molecule has 1 aromatic heterocycles. The first-order chi connectivity index (χ1) is 8.58. The number of aromatic nitrogens is 2. The average molecular weight is 250 g/mol. The average Bonchev–Trinajstić information content (AvgIpc) is 2.95. The Hall–Kier alpha value is -0.870. The first kappa shape index (κ1) is 13.6. The predicted octanol–water partition coefficient (Wildman–Crippen LogP) is 1.99. The largest absolute Gasteiger partial charge is 0.332 e. The smallest absolute Gasteiger partial charge is 0.126 e. The molecule has 0 aromatic carbocycles. The first-order valence-corrected chi connectivity index (χ1v) is 7.03. The topological polar surface area (TPSA) is 33.1 Å². The van der Waals surface area contributed by atoms with Crippen LogP contribution < -0.4 is 5.32 Å². The van der Waals surface area contributed by atoms with Crippen LogP contribution in [0.5, 0.6) is 0 Å². The van der Waals surface area contributed by atoms with Crippen LogP contribution in [-0.2, 0) is 6.54 Å². The van der Waals surface area contributed by atoms with E-state index in [4.69, 9.17) is 4.98 Å². The first-order valence-electron chi connectivity index (χ1n) is 7.03. The Labute approximate surface area is 110 Å². The number of nitrogens with zero attached hydrogens (tertiary/aromatic N) is 3. The van der Waals surface area contributed by atoms with Crippen molar-refractivity contribution in [1.29, 1.82) is 0 Å². The minimum absolute atomic E-state index is 0.458. The molecule has 4 heteroatoms. The van der Waals surface area contributed by atoms with E-state index in [0.717, 1.165) is 19.6 Å². The van der Waals surface area contributed by atoms with Gasteiger partial charge in [-0.15, -0.1) is 0 Å². The van der Waals surface area contributed by atoms with Gasteiger partial charge in [-0.25, -0.2) is 4.98 Å². The van der Waals surface area contributed by atoms with E-state index in [1.165, 1.54) is 24.4 Å². The predicted molar refractivity (Wildman–Crippen MR) is 74.8 cm³/mol. The second-order valence-corrected chi connectivity index (χ2v) is 5.82. The monoisotopic (exact) mass is 250 g/mol. The second-order valence-electron chi connectivity index (χ2n) is 5.82. The molecule has 1 atom stereocenters. The van der Waals surface area contributed by atoms with Crippen molar-refractivity contribution in [2.45, 2.75) is 45.2 Å². The van der Waals surface area contributed by atoms with Crippen molar-refractivity contribution in [1.82, 2.24) is 19.8 Å². The molecule has 2 heterocycles. The van der Waals surface area contributed by atoms with Crippen LogP contribution in [0.4, 0.5) is 0 Å². The van der Waals surface area contributed by atoms with E-state index >= 15 is 0 Å². The molecule has 0 saturated carbocycles. The summed E-state index contributed by atoms with van der Waals surface area (Å²) in [7, 11) is 4.24. The number of imidazole rings is 1. The van der Waals surface area contributed by atoms with Crippen LogP contribution >= 0.6 is 0 Å². The van der Waals surface area contributed by atoms with Crippen molar-refractivity contribution in [3.63, 3.8) is 0 Å². The maximum Gasteiger partial charge on any atom is 0.126 e. The summed E-state index contributed by atoms with van der Waals surface area (Å²) in [4.78, 5) is 7.07. The van der Waals surface area contributed by atoms with Crippen LogP contribution in [-0.4, -0.2) is 41.6 Å². The van der Waals surface area contributed by atoms with E-state index in [2.05, 4.69) is 48.9 Å². The van der Waals surface area contributed by atoms with Gasteiger partial charge in [0.2, 0.25) is 0 Å². The molecular formula is C14H26N4. The van der Waals surface area contributed by atoms with E-state index in [1.54, 1.807) is 0 Å². The lowest BCUT2D eigenvalue weighted by atomic mass is 10.1. The Kier molecular flexibility index (Phi) is 4.40. The van der Waals surface area contributed by atoms with Crippen LogP contribution in [0, 0.1) is 0 Å². The van der Waals surface area contributed by atoms with E-state index in [9.17, 15) is 0 Å². The molecule has 0 aliphatic carbocycles. The SMILES string of the molecule is CC(C)c1cn(CCN(C)C)c(C2CCCN2)n1. The van der Waals surface area contributed by atoms with Crippen molar-refractivity contribution in [2.24, 2.45) is 0 Å². The fraction of sp³-hybridized carbons (Fsp3) is 0.786. The minimum atomic E-state index is 0.458. The van der Waals surface area contributed by atoms with Gasteiger partial charge < -0.3 is 14.8 Å². The highest BCUT2D eigenvalue weighted by molar-refractivity contribution is 5.12. The van der Waals surface area contributed by atoms with E-state index in [1.807, 2.05) is 0 Å². The standard InChI is InChI=1S/C14H26N4/c1-11(2)13-10-18(9-8-17(3)4)14(16-13)12-6-5-7-15-12/h10-12,15H,5-9H2,1-4H3. The van der Waals surface area contributed by atoms with E-state index in [-0.39, 0.29) is 0 Å². The summed E-state index contributed by atoms with van der Waals surface area (Å²) in [6.07, 6.45) is 4.72. The molecule has 1 N–H and O–H groups in total. The molecule has 18 heavy (non-hydrogen) atoms. The summed E-state index contributed by atoms with van der Waals surface area (Å²) < 4.78 is 2.35. The molecule has 0 amide bonds. The maximum absolute atomic E-state index is 4.85. The molecule has 4 nitrogen and oxygen atoms in total. The molecule has 1 aliphatic rings. The Bertz CT molecular complexity index is 375. The van der Waals surface area contributed by atoms with Gasteiger partial charge >= 0.3 is 0 Å². The summed E-state index contributed by atoms with van der Waals surface area (Å²) >= 11 is 0. The zero-order chi connectivity index (χ0) is 13.1. The molecule has 1 fully saturated rings. The summed E-state index contributed by atoms with van der Waals surface area (Å²) in [5, 5.41) is 3.56. The third kappa shape index (κ3) is 3.12. The number of hydrogen-bond donors (Lipinski definition) is 1. The van der Waals surface area contributed by atoms with Gasteiger partial charge in [-0.05, 0) is 39.4 Å². The van der Waals surface area contributed by atoms with Gasteiger partial charge in [-0.3, -0.25) is 0 Å². The second kappa shape index (κ2) is 5.85. The third-order valence-electron chi connectivity index (χ3n) is 3.58. The van der Waals surface area contributed by atoms with Gasteiger partial charge in [0.1, 0.15) is 5.82 Å². The van der Waals surface area contributed by atoms with Gasteiger partial charge in [0.15, 0.2) is 0 Å². The van der Waals surface area contributed by atoms with Crippen LogP contribution in [0.1, 0.15) is 50.2 Å². The summed E-state index contributed by atoms with van der Waals surface area (Å²) in [6, 6.07) is 0.458. The lowest BCUT2D eigenvalue weighted by Gasteiger charge is -2.15. The normalized spacial score (nSPS) is 20.2. The molecule has 0 bridgehead atoms. The van der Waals surface area contributed by atoms with Gasteiger partial charge in [0, 0.05) is 19.3 Å². The van der Waals surface area contributed by atoms with Crippen molar-refractivity contribution in [3.05, 3.63) is 17.7 Å². The molecule has 0 radical (unpaired) electrons. The third-order valence-corrected chi connectivity index (χ3v) is 3.58. The Morgan fingerprint density at radius 2 is 2.28 bits per heavy atom. The van der Waals surface area contributed by atoms with Gasteiger partial charge in [0.05, 0.1) is 11.7 Å². The molecule has 1 aliphatic heterocycles. The Morgan fingerprint density at radius 3 is 2.83 bits per heavy atom. The number of nitrogens with one attached hydrogen (secondary N) is 1. The quantitative estimate of drug-likeness (QED) is 0.867. The summed E-state index contributed by atoms with van der Waals surface area (Å²) in [5.41, 5.74) is 1.22.